The first kappa shape index (κ1) is 17.5. The van der Waals surface area contributed by atoms with Gasteiger partial charge < -0.3 is 10.1 Å². The summed E-state index contributed by atoms with van der Waals surface area (Å²) < 4.78 is 7.18. The van der Waals surface area contributed by atoms with Crippen molar-refractivity contribution in [2.75, 3.05) is 18.1 Å². The van der Waals surface area contributed by atoms with E-state index in [1.807, 2.05) is 11.8 Å². The molecule has 132 valence electrons. The van der Waals surface area contributed by atoms with Crippen LogP contribution in [0.4, 0.5) is 0 Å². The summed E-state index contributed by atoms with van der Waals surface area (Å²) in [5.41, 5.74) is 0.375. The standard InChI is InChI=1S/C17H20N4O3S/c22-16-3-1-7-20-21(16)9-2-6-19-17(23)13-4-8-18-15(11-13)24-14-5-10-25-12-14/h1,3-4,7-8,11,14H,2,5-6,9-10,12H2,(H,19,23)/t14-/m1/s1. The molecule has 0 bridgehead atoms. The van der Waals surface area contributed by atoms with Crippen LogP contribution in [0.3, 0.4) is 0 Å². The fourth-order valence-electron chi connectivity index (χ4n) is 2.48. The third-order valence-corrected chi connectivity index (χ3v) is 4.92. The summed E-state index contributed by atoms with van der Waals surface area (Å²) in [5, 5.41) is 6.82. The molecule has 1 fully saturated rings. The normalized spacial score (nSPS) is 16.6. The summed E-state index contributed by atoms with van der Waals surface area (Å²) in [6, 6.07) is 6.40. The number of carbonyl (C=O) groups is 1. The number of aryl methyl sites for hydroxylation is 1. The number of ether oxygens (including phenoxy) is 1. The van der Waals surface area contributed by atoms with E-state index in [9.17, 15) is 9.59 Å². The van der Waals surface area contributed by atoms with Gasteiger partial charge in [0.2, 0.25) is 5.88 Å². The molecule has 0 radical (unpaired) electrons. The molecule has 8 heteroatoms. The molecule has 0 spiro atoms. The molecule has 2 aromatic rings. The average molecular weight is 360 g/mol. The van der Waals surface area contributed by atoms with Crippen LogP contribution in [0.5, 0.6) is 5.88 Å². The first-order valence-corrected chi connectivity index (χ1v) is 9.38. The monoisotopic (exact) mass is 360 g/mol. The second-order valence-electron chi connectivity index (χ2n) is 5.68. The van der Waals surface area contributed by atoms with Gasteiger partial charge in [-0.2, -0.15) is 16.9 Å². The predicted molar refractivity (Wildman–Crippen MR) is 96.0 cm³/mol. The van der Waals surface area contributed by atoms with Crippen molar-refractivity contribution in [1.82, 2.24) is 20.1 Å². The Morgan fingerprint density at radius 3 is 3.12 bits per heavy atom. The highest BCUT2D eigenvalue weighted by molar-refractivity contribution is 7.99. The number of thioether (sulfide) groups is 1. The zero-order chi connectivity index (χ0) is 17.5. The number of pyridine rings is 1. The fraction of sp³-hybridized carbons (Fsp3) is 0.412. The van der Waals surface area contributed by atoms with Gasteiger partial charge in [0.05, 0.1) is 0 Å². The molecule has 1 amide bonds. The van der Waals surface area contributed by atoms with E-state index in [2.05, 4.69) is 15.4 Å². The summed E-state index contributed by atoms with van der Waals surface area (Å²) >= 11 is 1.86. The molecular formula is C17H20N4O3S. The first-order valence-electron chi connectivity index (χ1n) is 8.23. The number of aromatic nitrogens is 3. The minimum atomic E-state index is -0.179. The van der Waals surface area contributed by atoms with Crippen LogP contribution in [0, 0.1) is 0 Å². The molecule has 1 atom stereocenters. The molecule has 1 aliphatic heterocycles. The third kappa shape index (κ3) is 5.06. The molecule has 0 saturated carbocycles. The Kier molecular flexibility index (Phi) is 6.05. The lowest BCUT2D eigenvalue weighted by molar-refractivity contribution is 0.0951. The van der Waals surface area contributed by atoms with E-state index in [0.717, 1.165) is 17.9 Å². The van der Waals surface area contributed by atoms with Crippen molar-refractivity contribution in [3.8, 4) is 5.88 Å². The second kappa shape index (κ2) is 8.66. The van der Waals surface area contributed by atoms with Crippen molar-refractivity contribution in [1.29, 1.82) is 0 Å². The Morgan fingerprint density at radius 2 is 2.32 bits per heavy atom. The molecule has 3 heterocycles. The highest BCUT2D eigenvalue weighted by atomic mass is 32.2. The fourth-order valence-corrected chi connectivity index (χ4v) is 3.57. The van der Waals surface area contributed by atoms with Crippen molar-refractivity contribution in [2.45, 2.75) is 25.5 Å². The van der Waals surface area contributed by atoms with E-state index < -0.39 is 0 Å². The highest BCUT2D eigenvalue weighted by Crippen LogP contribution is 2.22. The molecule has 0 unspecified atom stereocenters. The average Bonchev–Trinajstić information content (AvgIpc) is 3.13. The lowest BCUT2D eigenvalue weighted by Gasteiger charge is -2.12. The summed E-state index contributed by atoms with van der Waals surface area (Å²) in [6.45, 7) is 0.920. The van der Waals surface area contributed by atoms with Crippen molar-refractivity contribution in [3.05, 3.63) is 52.6 Å². The summed E-state index contributed by atoms with van der Waals surface area (Å²) in [7, 11) is 0. The van der Waals surface area contributed by atoms with Crippen LogP contribution in [0.2, 0.25) is 0 Å². The van der Waals surface area contributed by atoms with Crippen LogP contribution in [-0.4, -0.2) is 44.8 Å². The van der Waals surface area contributed by atoms with Crippen LogP contribution in [0.15, 0.2) is 41.5 Å². The second-order valence-corrected chi connectivity index (χ2v) is 6.83. The van der Waals surface area contributed by atoms with E-state index >= 15 is 0 Å². The molecule has 25 heavy (non-hydrogen) atoms. The van der Waals surface area contributed by atoms with E-state index in [4.69, 9.17) is 4.74 Å². The highest BCUT2D eigenvalue weighted by Gasteiger charge is 2.18. The lowest BCUT2D eigenvalue weighted by atomic mass is 10.2. The van der Waals surface area contributed by atoms with Crippen molar-refractivity contribution in [3.63, 3.8) is 0 Å². The Bertz CT molecular complexity index is 774. The van der Waals surface area contributed by atoms with Crippen molar-refractivity contribution in [2.24, 2.45) is 0 Å². The third-order valence-electron chi connectivity index (χ3n) is 3.79. The van der Waals surface area contributed by atoms with Crippen LogP contribution in [0.25, 0.3) is 0 Å². The van der Waals surface area contributed by atoms with E-state index in [1.54, 1.807) is 30.6 Å². The van der Waals surface area contributed by atoms with E-state index in [-0.39, 0.29) is 17.6 Å². The number of nitrogens with one attached hydrogen (secondary N) is 1. The van der Waals surface area contributed by atoms with Crippen LogP contribution >= 0.6 is 11.8 Å². The van der Waals surface area contributed by atoms with Crippen molar-refractivity contribution >= 4 is 17.7 Å². The number of nitrogens with zero attached hydrogens (tertiary/aromatic N) is 3. The summed E-state index contributed by atoms with van der Waals surface area (Å²) in [5.74, 6) is 2.37. The maximum absolute atomic E-state index is 12.2. The first-order chi connectivity index (χ1) is 12.2. The Labute approximate surface area is 149 Å². The van der Waals surface area contributed by atoms with Gasteiger partial charge in [-0.15, -0.1) is 0 Å². The van der Waals surface area contributed by atoms with Gasteiger partial charge in [-0.25, -0.2) is 9.67 Å². The number of hydrogen-bond donors (Lipinski definition) is 1. The molecule has 1 aliphatic rings. The smallest absolute Gasteiger partial charge is 0.266 e. The molecule has 1 N–H and O–H groups in total. The molecule has 1 saturated heterocycles. The van der Waals surface area contributed by atoms with Gasteiger partial charge in [0.15, 0.2) is 0 Å². The Balaban J connectivity index is 1.47. The molecule has 7 nitrogen and oxygen atoms in total. The minimum Gasteiger partial charge on any atom is -0.473 e. The number of hydrogen-bond acceptors (Lipinski definition) is 6. The van der Waals surface area contributed by atoms with Gasteiger partial charge in [-0.3, -0.25) is 9.59 Å². The van der Waals surface area contributed by atoms with Gasteiger partial charge in [-0.05, 0) is 30.7 Å². The van der Waals surface area contributed by atoms with Crippen LogP contribution in [0.1, 0.15) is 23.2 Å². The van der Waals surface area contributed by atoms with Crippen molar-refractivity contribution < 1.29 is 9.53 Å². The molecule has 0 aliphatic carbocycles. The molecule has 3 rings (SSSR count). The van der Waals surface area contributed by atoms with Crippen LogP contribution < -0.4 is 15.6 Å². The summed E-state index contributed by atoms with van der Waals surface area (Å²) in [4.78, 5) is 27.9. The maximum atomic E-state index is 12.2. The van der Waals surface area contributed by atoms with Gasteiger partial charge >= 0.3 is 0 Å². The molecule has 2 aromatic heterocycles. The van der Waals surface area contributed by atoms with Gasteiger partial charge in [-0.1, -0.05) is 0 Å². The molecular weight excluding hydrogens is 340 g/mol. The number of rotatable bonds is 7. The number of amides is 1. The minimum absolute atomic E-state index is 0.144. The maximum Gasteiger partial charge on any atom is 0.266 e. The Morgan fingerprint density at radius 1 is 1.40 bits per heavy atom. The predicted octanol–water partition coefficient (Wildman–Crippen LogP) is 1.34. The largest absolute Gasteiger partial charge is 0.473 e. The Hall–Kier alpha value is -2.35. The SMILES string of the molecule is O=C(NCCCn1ncccc1=O)c1ccnc(O[C@@H]2CCSC2)c1. The van der Waals surface area contributed by atoms with Gasteiger partial charge in [0, 0.05) is 48.9 Å². The van der Waals surface area contributed by atoms with Gasteiger partial charge in [0.1, 0.15) is 6.10 Å². The van der Waals surface area contributed by atoms with Crippen LogP contribution in [-0.2, 0) is 6.54 Å². The number of carbonyl (C=O) groups excluding carboxylic acids is 1. The zero-order valence-corrected chi connectivity index (χ0v) is 14.6. The quantitative estimate of drug-likeness (QED) is 0.750. The van der Waals surface area contributed by atoms with Gasteiger partial charge in [0.25, 0.3) is 11.5 Å². The van der Waals surface area contributed by atoms with E-state index in [0.29, 0.717) is 31.0 Å². The summed E-state index contributed by atoms with van der Waals surface area (Å²) in [6.07, 6.45) is 4.96. The topological polar surface area (TPSA) is 86.1 Å². The van der Waals surface area contributed by atoms with E-state index in [1.165, 1.54) is 10.7 Å². The zero-order valence-electron chi connectivity index (χ0n) is 13.8. The molecule has 0 aromatic carbocycles. The lowest BCUT2D eigenvalue weighted by Crippen LogP contribution is -2.27.